The molecule has 0 atom stereocenters. The summed E-state index contributed by atoms with van der Waals surface area (Å²) in [5.74, 6) is -0.426. The number of imidazole rings is 1. The average Bonchev–Trinajstić information content (AvgIpc) is 3.38. The molecule has 2 aromatic rings. The van der Waals surface area contributed by atoms with Crippen molar-refractivity contribution in [1.29, 1.82) is 0 Å². The predicted octanol–water partition coefficient (Wildman–Crippen LogP) is 2.32. The highest BCUT2D eigenvalue weighted by Gasteiger charge is 2.30. The van der Waals surface area contributed by atoms with Gasteiger partial charge >= 0.3 is 0 Å². The molecule has 28 heavy (non-hydrogen) atoms. The van der Waals surface area contributed by atoms with Gasteiger partial charge in [0.25, 0.3) is 11.8 Å². The topological polar surface area (TPSA) is 105 Å². The number of nitrogens with one attached hydrogen (secondary N) is 3. The number of anilines is 2. The van der Waals surface area contributed by atoms with Crippen molar-refractivity contribution in [3.63, 3.8) is 0 Å². The maximum absolute atomic E-state index is 12.9. The largest absolute Gasteiger partial charge is 0.347 e. The van der Waals surface area contributed by atoms with Crippen molar-refractivity contribution in [3.8, 4) is 0 Å². The highest BCUT2D eigenvalue weighted by molar-refractivity contribution is 6.05. The van der Waals surface area contributed by atoms with Gasteiger partial charge in [0, 0.05) is 30.9 Å². The first kappa shape index (κ1) is 18.2. The Kier molecular flexibility index (Phi) is 4.85. The number of carbonyl (C=O) groups is 3. The van der Waals surface area contributed by atoms with Gasteiger partial charge in [0.2, 0.25) is 5.91 Å². The van der Waals surface area contributed by atoms with Gasteiger partial charge in [-0.2, -0.15) is 0 Å². The fourth-order valence-electron chi connectivity index (χ4n) is 3.44. The van der Waals surface area contributed by atoms with Crippen LogP contribution in [0.25, 0.3) is 0 Å². The van der Waals surface area contributed by atoms with Crippen molar-refractivity contribution in [3.05, 3.63) is 41.5 Å². The first-order chi connectivity index (χ1) is 13.5. The molecule has 0 saturated heterocycles. The molecule has 1 aromatic carbocycles. The van der Waals surface area contributed by atoms with Gasteiger partial charge in [0.15, 0.2) is 11.5 Å². The van der Waals surface area contributed by atoms with Crippen LogP contribution in [0.15, 0.2) is 24.3 Å². The summed E-state index contributed by atoms with van der Waals surface area (Å²) in [7, 11) is 0. The van der Waals surface area contributed by atoms with E-state index in [1.54, 1.807) is 24.3 Å². The van der Waals surface area contributed by atoms with Gasteiger partial charge in [-0.3, -0.25) is 14.4 Å². The molecule has 2 aliphatic rings. The summed E-state index contributed by atoms with van der Waals surface area (Å²) in [6, 6.07) is 7.15. The van der Waals surface area contributed by atoms with Crippen molar-refractivity contribution >= 4 is 29.1 Å². The van der Waals surface area contributed by atoms with Crippen molar-refractivity contribution in [1.82, 2.24) is 14.9 Å². The Bertz CT molecular complexity index is 945. The number of rotatable bonds is 5. The van der Waals surface area contributed by atoms with Gasteiger partial charge in [-0.05, 0) is 50.3 Å². The summed E-state index contributed by atoms with van der Waals surface area (Å²) in [5, 5.41) is 8.47. The van der Waals surface area contributed by atoms with Crippen molar-refractivity contribution in [2.45, 2.75) is 51.6 Å². The van der Waals surface area contributed by atoms with Crippen LogP contribution in [-0.4, -0.2) is 33.3 Å². The molecular formula is C20H23N5O3. The fourth-order valence-corrected chi connectivity index (χ4v) is 3.44. The number of hydrogen-bond donors (Lipinski definition) is 3. The quantitative estimate of drug-likeness (QED) is 0.739. The molecule has 1 fully saturated rings. The molecule has 2 heterocycles. The highest BCUT2D eigenvalue weighted by Crippen LogP contribution is 2.24. The zero-order chi connectivity index (χ0) is 19.7. The van der Waals surface area contributed by atoms with Crippen molar-refractivity contribution in [2.75, 3.05) is 10.6 Å². The molecule has 8 nitrogen and oxygen atoms in total. The van der Waals surface area contributed by atoms with Crippen LogP contribution in [0, 0.1) is 0 Å². The van der Waals surface area contributed by atoms with E-state index in [4.69, 9.17) is 0 Å². The number of carbonyl (C=O) groups excluding carboxylic acids is 3. The summed E-state index contributed by atoms with van der Waals surface area (Å²) in [6.07, 6.45) is 4.65. The van der Waals surface area contributed by atoms with Crippen LogP contribution in [0.5, 0.6) is 0 Å². The van der Waals surface area contributed by atoms with Gasteiger partial charge in [-0.15, -0.1) is 0 Å². The van der Waals surface area contributed by atoms with E-state index in [0.717, 1.165) is 37.8 Å². The van der Waals surface area contributed by atoms with E-state index in [9.17, 15) is 14.4 Å². The monoisotopic (exact) mass is 381 g/mol. The van der Waals surface area contributed by atoms with Crippen LogP contribution >= 0.6 is 0 Å². The summed E-state index contributed by atoms with van der Waals surface area (Å²) in [4.78, 5) is 41.1. The van der Waals surface area contributed by atoms with E-state index in [-0.39, 0.29) is 23.8 Å². The lowest BCUT2D eigenvalue weighted by Crippen LogP contribution is -2.29. The molecule has 4 rings (SSSR count). The Morgan fingerprint density at radius 3 is 2.54 bits per heavy atom. The summed E-state index contributed by atoms with van der Waals surface area (Å²) in [6.45, 7) is 2.12. The van der Waals surface area contributed by atoms with Crippen molar-refractivity contribution < 1.29 is 14.4 Å². The molecule has 1 aliphatic heterocycles. The van der Waals surface area contributed by atoms with Gasteiger partial charge in [0.1, 0.15) is 0 Å². The first-order valence-corrected chi connectivity index (χ1v) is 9.60. The molecule has 0 unspecified atom stereocenters. The lowest BCUT2D eigenvalue weighted by atomic mass is 10.1. The third kappa shape index (κ3) is 3.90. The van der Waals surface area contributed by atoms with Crippen LogP contribution in [-0.2, 0) is 17.8 Å². The third-order valence-electron chi connectivity index (χ3n) is 4.89. The number of nitrogens with zero attached hydrogens (tertiary/aromatic N) is 2. The predicted molar refractivity (Wildman–Crippen MR) is 104 cm³/mol. The molecular weight excluding hydrogens is 358 g/mol. The molecule has 3 N–H and O–H groups in total. The zero-order valence-corrected chi connectivity index (χ0v) is 15.7. The number of aromatic nitrogens is 2. The number of amides is 3. The van der Waals surface area contributed by atoms with Gasteiger partial charge in [0.05, 0.1) is 5.69 Å². The molecule has 0 spiro atoms. The standard InChI is InChI=1S/C20H23N5O3/c1-12(26)21-14-5-4-6-15(11-14)23-19(27)17-16-7-2-3-10-25(16)18(24-17)20(28)22-13-8-9-13/h4-6,11,13H,2-3,7-10H2,1H3,(H,21,26)(H,22,28)(H,23,27). The van der Waals surface area contributed by atoms with E-state index in [1.807, 2.05) is 4.57 Å². The van der Waals surface area contributed by atoms with E-state index in [2.05, 4.69) is 20.9 Å². The number of fused-ring (bicyclic) bond motifs is 1. The van der Waals surface area contributed by atoms with Crippen LogP contribution < -0.4 is 16.0 Å². The minimum absolute atomic E-state index is 0.182. The Hall–Kier alpha value is -3.16. The van der Waals surface area contributed by atoms with E-state index in [0.29, 0.717) is 29.4 Å². The Morgan fingerprint density at radius 1 is 1.07 bits per heavy atom. The summed E-state index contributed by atoms with van der Waals surface area (Å²) < 4.78 is 1.88. The molecule has 3 amide bonds. The number of hydrogen-bond acceptors (Lipinski definition) is 4. The van der Waals surface area contributed by atoms with Gasteiger partial charge < -0.3 is 20.5 Å². The van der Waals surface area contributed by atoms with Crippen LogP contribution in [0.3, 0.4) is 0 Å². The molecule has 0 bridgehead atoms. The van der Waals surface area contributed by atoms with Gasteiger partial charge in [-0.1, -0.05) is 6.07 Å². The lowest BCUT2D eigenvalue weighted by molar-refractivity contribution is -0.114. The Balaban J connectivity index is 1.58. The first-order valence-electron chi connectivity index (χ1n) is 9.60. The molecule has 1 saturated carbocycles. The Labute approximate surface area is 162 Å². The second kappa shape index (κ2) is 7.46. The van der Waals surface area contributed by atoms with Crippen molar-refractivity contribution in [2.24, 2.45) is 0 Å². The van der Waals surface area contributed by atoms with E-state index < -0.39 is 0 Å². The van der Waals surface area contributed by atoms with Gasteiger partial charge in [-0.25, -0.2) is 4.98 Å². The Morgan fingerprint density at radius 2 is 1.82 bits per heavy atom. The van der Waals surface area contributed by atoms with E-state index in [1.165, 1.54) is 6.92 Å². The fraction of sp³-hybridized carbons (Fsp3) is 0.400. The third-order valence-corrected chi connectivity index (χ3v) is 4.89. The second-order valence-electron chi connectivity index (χ2n) is 7.30. The zero-order valence-electron chi connectivity index (χ0n) is 15.7. The maximum Gasteiger partial charge on any atom is 0.287 e. The minimum atomic E-state index is -0.351. The lowest BCUT2D eigenvalue weighted by Gasteiger charge is -2.17. The number of benzene rings is 1. The van der Waals surface area contributed by atoms with Crippen LogP contribution in [0.4, 0.5) is 11.4 Å². The average molecular weight is 381 g/mol. The molecule has 1 aromatic heterocycles. The molecule has 0 radical (unpaired) electrons. The molecule has 146 valence electrons. The second-order valence-corrected chi connectivity index (χ2v) is 7.30. The highest BCUT2D eigenvalue weighted by atomic mass is 16.2. The molecule has 8 heteroatoms. The summed E-state index contributed by atoms with van der Waals surface area (Å²) in [5.41, 5.74) is 2.26. The maximum atomic E-state index is 12.9. The van der Waals surface area contributed by atoms with E-state index >= 15 is 0 Å². The van der Waals surface area contributed by atoms with Crippen LogP contribution in [0.2, 0.25) is 0 Å². The summed E-state index contributed by atoms with van der Waals surface area (Å²) >= 11 is 0. The normalized spacial score (nSPS) is 15.5. The minimum Gasteiger partial charge on any atom is -0.347 e. The molecule has 1 aliphatic carbocycles. The smallest absolute Gasteiger partial charge is 0.287 e. The SMILES string of the molecule is CC(=O)Nc1cccc(NC(=O)c2nc(C(=O)NC3CC3)n3c2CCCC3)c1. The van der Waals surface area contributed by atoms with Crippen LogP contribution in [0.1, 0.15) is 59.4 Å².